The zero-order valence-electron chi connectivity index (χ0n) is 19.8. The molecule has 2 unspecified atom stereocenters. The van der Waals surface area contributed by atoms with Gasteiger partial charge in [-0.25, -0.2) is 17.9 Å². The van der Waals surface area contributed by atoms with Crippen LogP contribution in [0.3, 0.4) is 0 Å². The average Bonchev–Trinajstić information content (AvgIpc) is 3.46. The van der Waals surface area contributed by atoms with Crippen LogP contribution in [0.5, 0.6) is 0 Å². The minimum absolute atomic E-state index is 0.176. The Kier molecular flexibility index (Phi) is 7.12. The van der Waals surface area contributed by atoms with Crippen molar-refractivity contribution >= 4 is 21.6 Å². The number of anilines is 1. The van der Waals surface area contributed by atoms with Gasteiger partial charge in [0.25, 0.3) is 0 Å². The van der Waals surface area contributed by atoms with Crippen molar-refractivity contribution in [2.75, 3.05) is 18.6 Å². The van der Waals surface area contributed by atoms with Crippen molar-refractivity contribution in [3.63, 3.8) is 0 Å². The van der Waals surface area contributed by atoms with Crippen molar-refractivity contribution in [2.24, 2.45) is 0 Å². The number of carbonyl (C=O) groups excluding carboxylic acids is 1. The second-order valence-corrected chi connectivity index (χ2v) is 10.9. The molecule has 0 spiro atoms. The number of alkyl halides is 3. The number of esters is 1. The lowest BCUT2D eigenvalue weighted by molar-refractivity contribution is -0.142. The van der Waals surface area contributed by atoms with Crippen LogP contribution in [0.1, 0.15) is 23.2 Å². The predicted octanol–water partition coefficient (Wildman–Crippen LogP) is 4.05. The Bertz CT molecular complexity index is 1340. The topological polar surface area (TPSA) is 81.5 Å². The molecule has 4 rings (SSSR count). The number of halogens is 3. The fraction of sp³-hybridized carbons (Fsp3) is 0.360. The van der Waals surface area contributed by atoms with E-state index in [1.165, 1.54) is 13.2 Å². The molecule has 1 aliphatic rings. The second-order valence-electron chi connectivity index (χ2n) is 8.69. The highest BCUT2D eigenvalue weighted by Crippen LogP contribution is 2.38. The van der Waals surface area contributed by atoms with Crippen molar-refractivity contribution in [1.82, 2.24) is 9.78 Å². The maximum Gasteiger partial charge on any atom is 0.417 e. The lowest BCUT2D eigenvalue weighted by atomic mass is 10.1. The lowest BCUT2D eigenvalue weighted by Crippen LogP contribution is -2.38. The predicted molar refractivity (Wildman–Crippen MR) is 127 cm³/mol. The fourth-order valence-corrected chi connectivity index (χ4v) is 6.48. The average molecular weight is 522 g/mol. The summed E-state index contributed by atoms with van der Waals surface area (Å²) < 4.78 is 74.2. The standard InChI is InChI=1S/C25H26F3N3O4S/c1-17-14-23(31(29-17)13-12-18-8-4-3-5-9-18)30-16-19(15-21(30)24(32)35-2)36(33,34)22-11-7-6-10-20(22)25(26,27)28/h3-11,14,19,21H,12-13,15-16H2,1-2H3. The Labute approximate surface area is 207 Å². The van der Waals surface area contributed by atoms with E-state index in [0.29, 0.717) is 24.5 Å². The maximum absolute atomic E-state index is 13.6. The van der Waals surface area contributed by atoms with E-state index in [1.807, 2.05) is 30.3 Å². The summed E-state index contributed by atoms with van der Waals surface area (Å²) in [5, 5.41) is 3.26. The number of sulfone groups is 1. The van der Waals surface area contributed by atoms with Gasteiger partial charge in [-0.3, -0.25) is 0 Å². The van der Waals surface area contributed by atoms with Gasteiger partial charge in [0.2, 0.25) is 0 Å². The number of aromatic nitrogens is 2. The van der Waals surface area contributed by atoms with E-state index in [9.17, 15) is 26.4 Å². The maximum atomic E-state index is 13.6. The minimum Gasteiger partial charge on any atom is -0.467 e. The van der Waals surface area contributed by atoms with Gasteiger partial charge in [0.1, 0.15) is 11.9 Å². The third kappa shape index (κ3) is 5.11. The van der Waals surface area contributed by atoms with Gasteiger partial charge in [0.05, 0.1) is 28.5 Å². The van der Waals surface area contributed by atoms with Crippen molar-refractivity contribution in [3.05, 3.63) is 77.5 Å². The van der Waals surface area contributed by atoms with E-state index in [0.717, 1.165) is 23.8 Å². The minimum atomic E-state index is -4.84. The molecule has 1 aromatic heterocycles. The zero-order chi connectivity index (χ0) is 26.1. The molecule has 0 radical (unpaired) electrons. The number of hydrogen-bond acceptors (Lipinski definition) is 6. The molecule has 0 aliphatic carbocycles. The van der Waals surface area contributed by atoms with Crippen LogP contribution in [-0.2, 0) is 38.5 Å². The monoisotopic (exact) mass is 521 g/mol. The summed E-state index contributed by atoms with van der Waals surface area (Å²) in [7, 11) is -3.23. The quantitative estimate of drug-likeness (QED) is 0.437. The summed E-state index contributed by atoms with van der Waals surface area (Å²) in [4.78, 5) is 13.5. The molecule has 36 heavy (non-hydrogen) atoms. The summed E-state index contributed by atoms with van der Waals surface area (Å²) in [6, 6.07) is 14.6. The normalized spacial score (nSPS) is 18.4. The summed E-state index contributed by atoms with van der Waals surface area (Å²) in [6.07, 6.45) is -4.40. The highest BCUT2D eigenvalue weighted by molar-refractivity contribution is 7.92. The van der Waals surface area contributed by atoms with Gasteiger partial charge in [-0.2, -0.15) is 18.3 Å². The van der Waals surface area contributed by atoms with E-state index in [2.05, 4.69) is 5.10 Å². The third-order valence-electron chi connectivity index (χ3n) is 6.30. The van der Waals surface area contributed by atoms with E-state index in [-0.39, 0.29) is 13.0 Å². The summed E-state index contributed by atoms with van der Waals surface area (Å²) in [5.74, 6) is -0.147. The molecular formula is C25H26F3N3O4S. The molecule has 1 aliphatic heterocycles. The van der Waals surface area contributed by atoms with Crippen LogP contribution >= 0.6 is 0 Å². The number of rotatable bonds is 7. The van der Waals surface area contributed by atoms with Gasteiger partial charge in [-0.05, 0) is 37.5 Å². The van der Waals surface area contributed by atoms with Crippen LogP contribution in [-0.4, -0.2) is 49.1 Å². The molecule has 2 aromatic carbocycles. The van der Waals surface area contributed by atoms with E-state index >= 15 is 0 Å². The van der Waals surface area contributed by atoms with Gasteiger partial charge >= 0.3 is 12.1 Å². The number of hydrogen-bond donors (Lipinski definition) is 0. The summed E-state index contributed by atoms with van der Waals surface area (Å²) in [6.45, 7) is 2.07. The first kappa shape index (κ1) is 25.7. The SMILES string of the molecule is COC(=O)C1CC(S(=O)(=O)c2ccccc2C(F)(F)F)CN1c1cc(C)nn1CCc1ccccc1. The highest BCUT2D eigenvalue weighted by Gasteiger charge is 2.47. The van der Waals surface area contributed by atoms with E-state index in [4.69, 9.17) is 4.74 Å². The Hall–Kier alpha value is -3.34. The van der Waals surface area contributed by atoms with Crippen molar-refractivity contribution in [3.8, 4) is 0 Å². The molecule has 2 atom stereocenters. The number of aryl methyl sites for hydroxylation is 3. The Morgan fingerprint density at radius 1 is 1.11 bits per heavy atom. The van der Waals surface area contributed by atoms with Crippen LogP contribution in [0.4, 0.5) is 19.0 Å². The molecule has 192 valence electrons. The first-order chi connectivity index (χ1) is 17.0. The zero-order valence-corrected chi connectivity index (χ0v) is 20.6. The third-order valence-corrected chi connectivity index (χ3v) is 8.49. The number of benzene rings is 2. The molecule has 3 aromatic rings. The largest absolute Gasteiger partial charge is 0.467 e. The Morgan fingerprint density at radius 3 is 2.44 bits per heavy atom. The van der Waals surface area contributed by atoms with Crippen molar-refractivity contribution < 1.29 is 31.1 Å². The molecule has 1 fully saturated rings. The summed E-state index contributed by atoms with van der Waals surface area (Å²) >= 11 is 0. The molecule has 0 saturated carbocycles. The first-order valence-electron chi connectivity index (χ1n) is 11.4. The van der Waals surface area contributed by atoms with Gasteiger partial charge in [-0.15, -0.1) is 0 Å². The van der Waals surface area contributed by atoms with E-state index in [1.54, 1.807) is 22.6 Å². The number of methoxy groups -OCH3 is 1. The molecule has 0 bridgehead atoms. The number of carbonyl (C=O) groups is 1. The number of nitrogens with zero attached hydrogens (tertiary/aromatic N) is 3. The molecule has 0 N–H and O–H groups in total. The van der Waals surface area contributed by atoms with Gasteiger partial charge in [0, 0.05) is 19.2 Å². The molecule has 7 nitrogen and oxygen atoms in total. The van der Waals surface area contributed by atoms with Crippen molar-refractivity contribution in [1.29, 1.82) is 0 Å². The van der Waals surface area contributed by atoms with E-state index < -0.39 is 43.7 Å². The van der Waals surface area contributed by atoms with Gasteiger partial charge in [0.15, 0.2) is 9.84 Å². The fourth-order valence-electron chi connectivity index (χ4n) is 4.57. The van der Waals surface area contributed by atoms with Crippen LogP contribution in [0, 0.1) is 6.92 Å². The lowest BCUT2D eigenvalue weighted by Gasteiger charge is -2.25. The molecular weight excluding hydrogens is 495 g/mol. The molecule has 0 amide bonds. The van der Waals surface area contributed by atoms with Crippen molar-refractivity contribution in [2.45, 2.75) is 48.7 Å². The van der Waals surface area contributed by atoms with Crippen LogP contribution < -0.4 is 4.90 Å². The molecule has 1 saturated heterocycles. The van der Waals surface area contributed by atoms with Crippen LogP contribution in [0.15, 0.2) is 65.6 Å². The molecule has 2 heterocycles. The molecule has 11 heteroatoms. The Morgan fingerprint density at radius 2 is 1.78 bits per heavy atom. The smallest absolute Gasteiger partial charge is 0.417 e. The van der Waals surface area contributed by atoms with Crippen LogP contribution in [0.25, 0.3) is 0 Å². The second kappa shape index (κ2) is 9.96. The highest BCUT2D eigenvalue weighted by atomic mass is 32.2. The first-order valence-corrected chi connectivity index (χ1v) is 12.9. The van der Waals surface area contributed by atoms with Gasteiger partial charge < -0.3 is 9.64 Å². The van der Waals surface area contributed by atoms with Gasteiger partial charge in [-0.1, -0.05) is 42.5 Å². The number of ether oxygens (including phenoxy) is 1. The summed E-state index contributed by atoms with van der Waals surface area (Å²) in [5.41, 5.74) is 0.518. The Balaban J connectivity index is 1.68. The van der Waals surface area contributed by atoms with Crippen LogP contribution in [0.2, 0.25) is 0 Å².